The number of nitrogens with zero attached hydrogens (tertiary/aromatic N) is 4. The number of likely N-dealkylation sites (N-methyl/N-ethyl adjacent to an activating group) is 1. The maximum absolute atomic E-state index is 13.1. The Balaban J connectivity index is 1.47. The van der Waals surface area contributed by atoms with E-state index in [9.17, 15) is 14.4 Å². The lowest BCUT2D eigenvalue weighted by molar-refractivity contribution is -0.129. The number of nitrogens with one attached hydrogen (secondary N) is 1. The van der Waals surface area contributed by atoms with Crippen LogP contribution < -0.4 is 5.32 Å². The van der Waals surface area contributed by atoms with Gasteiger partial charge >= 0.3 is 0 Å². The van der Waals surface area contributed by atoms with Crippen LogP contribution in [0, 0.1) is 13.8 Å². The first-order valence-corrected chi connectivity index (χ1v) is 11.3. The molecule has 8 heteroatoms. The Morgan fingerprint density at radius 2 is 2.00 bits per heavy atom. The number of amides is 2. The average Bonchev–Trinajstić information content (AvgIpc) is 3.63. The molecule has 1 saturated carbocycles. The van der Waals surface area contributed by atoms with Crippen LogP contribution in [0.4, 0.5) is 5.69 Å². The zero-order valence-electron chi connectivity index (χ0n) is 19.3. The van der Waals surface area contributed by atoms with Gasteiger partial charge in [-0.3, -0.25) is 24.4 Å². The first kappa shape index (κ1) is 22.6. The van der Waals surface area contributed by atoms with E-state index in [1.165, 1.54) is 0 Å². The molecular formula is C25H29N5O3. The molecule has 0 unspecified atom stereocenters. The molecule has 1 N–H and O–H groups in total. The van der Waals surface area contributed by atoms with Gasteiger partial charge in [0.05, 0.1) is 24.1 Å². The molecule has 3 heterocycles. The number of hydrogen-bond acceptors (Lipinski definition) is 6. The monoisotopic (exact) mass is 447 g/mol. The summed E-state index contributed by atoms with van der Waals surface area (Å²) in [6.45, 7) is 4.47. The standard InChI is InChI=1S/C25H29N5O3/c1-16-9-19(12-26-11-16)23-17(2)10-20(13-27-23)28-22(32)14-30-8-4-5-18(15-31)24(30)25(33)29(3)21-6-7-21/h9-13,15,21H,4-8,14H2,1-3H3,(H,28,32). The fourth-order valence-electron chi connectivity index (χ4n) is 4.24. The van der Waals surface area contributed by atoms with Gasteiger partial charge in [0.25, 0.3) is 5.91 Å². The largest absolute Gasteiger partial charge is 0.357 e. The summed E-state index contributed by atoms with van der Waals surface area (Å²) in [5.41, 5.74) is 5.12. The average molecular weight is 448 g/mol. The number of carbonyl (C=O) groups is 3. The highest BCUT2D eigenvalue weighted by molar-refractivity contribution is 6.00. The lowest BCUT2D eigenvalue weighted by Crippen LogP contribution is -2.43. The van der Waals surface area contributed by atoms with Gasteiger partial charge in [0, 0.05) is 43.2 Å². The van der Waals surface area contributed by atoms with Crippen LogP contribution in [-0.2, 0) is 14.4 Å². The van der Waals surface area contributed by atoms with Crippen molar-refractivity contribution in [3.05, 3.63) is 53.1 Å². The number of carbonyl (C=O) groups excluding carboxylic acids is 3. The van der Waals surface area contributed by atoms with Crippen LogP contribution in [0.25, 0.3) is 11.3 Å². The third-order valence-electron chi connectivity index (χ3n) is 6.10. The van der Waals surface area contributed by atoms with E-state index < -0.39 is 0 Å². The van der Waals surface area contributed by atoms with Crippen LogP contribution in [-0.4, -0.2) is 64.0 Å². The fraction of sp³-hybridized carbons (Fsp3) is 0.400. The molecule has 2 aliphatic rings. The van der Waals surface area contributed by atoms with Crippen molar-refractivity contribution in [1.29, 1.82) is 0 Å². The van der Waals surface area contributed by atoms with Crippen molar-refractivity contribution in [2.24, 2.45) is 0 Å². The highest BCUT2D eigenvalue weighted by Crippen LogP contribution is 2.30. The SMILES string of the molecule is Cc1cncc(-c2ncc(NC(=O)CN3CCCC(C=O)=C3C(=O)N(C)C3CC3)cc2C)c1. The summed E-state index contributed by atoms with van der Waals surface area (Å²) >= 11 is 0. The van der Waals surface area contributed by atoms with Crippen molar-refractivity contribution in [3.63, 3.8) is 0 Å². The molecule has 2 aromatic heterocycles. The van der Waals surface area contributed by atoms with Crippen molar-refractivity contribution < 1.29 is 14.4 Å². The van der Waals surface area contributed by atoms with E-state index in [2.05, 4.69) is 15.3 Å². The number of rotatable bonds is 7. The smallest absolute Gasteiger partial charge is 0.270 e. The highest BCUT2D eigenvalue weighted by Gasteiger charge is 2.35. The molecule has 0 saturated heterocycles. The summed E-state index contributed by atoms with van der Waals surface area (Å²) in [7, 11) is 1.77. The minimum Gasteiger partial charge on any atom is -0.357 e. The summed E-state index contributed by atoms with van der Waals surface area (Å²) in [6, 6.07) is 4.12. The molecule has 0 spiro atoms. The summed E-state index contributed by atoms with van der Waals surface area (Å²) in [4.78, 5) is 49.7. The maximum atomic E-state index is 13.1. The quantitative estimate of drug-likeness (QED) is 0.656. The third-order valence-corrected chi connectivity index (χ3v) is 6.10. The predicted octanol–water partition coefficient (Wildman–Crippen LogP) is 2.87. The second-order valence-electron chi connectivity index (χ2n) is 8.85. The lowest BCUT2D eigenvalue weighted by atomic mass is 10.0. The Morgan fingerprint density at radius 3 is 2.67 bits per heavy atom. The van der Waals surface area contributed by atoms with Gasteiger partial charge in [-0.25, -0.2) is 0 Å². The Bertz CT molecular complexity index is 1120. The van der Waals surface area contributed by atoms with Crippen molar-refractivity contribution in [3.8, 4) is 11.3 Å². The lowest BCUT2D eigenvalue weighted by Gasteiger charge is -2.33. The van der Waals surface area contributed by atoms with Crippen molar-refractivity contribution in [2.75, 3.05) is 25.5 Å². The molecule has 33 heavy (non-hydrogen) atoms. The minimum atomic E-state index is -0.257. The van der Waals surface area contributed by atoms with E-state index in [-0.39, 0.29) is 24.4 Å². The second kappa shape index (κ2) is 9.52. The molecule has 1 aliphatic carbocycles. The molecule has 1 fully saturated rings. The Hall–Kier alpha value is -3.55. The number of hydrogen-bond donors (Lipinski definition) is 1. The van der Waals surface area contributed by atoms with E-state index in [1.807, 2.05) is 26.0 Å². The van der Waals surface area contributed by atoms with Gasteiger partial charge in [-0.05, 0) is 62.8 Å². The van der Waals surface area contributed by atoms with E-state index in [0.717, 1.165) is 47.9 Å². The van der Waals surface area contributed by atoms with Crippen LogP contribution in [0.3, 0.4) is 0 Å². The van der Waals surface area contributed by atoms with Crippen molar-refractivity contribution in [2.45, 2.75) is 45.6 Å². The normalized spacial score (nSPS) is 15.9. The Kier molecular flexibility index (Phi) is 6.53. The fourth-order valence-corrected chi connectivity index (χ4v) is 4.24. The van der Waals surface area contributed by atoms with Gasteiger partial charge in [-0.2, -0.15) is 0 Å². The van der Waals surface area contributed by atoms with Crippen LogP contribution in [0.2, 0.25) is 0 Å². The van der Waals surface area contributed by atoms with Gasteiger partial charge in [-0.15, -0.1) is 0 Å². The number of aryl methyl sites for hydroxylation is 2. The minimum absolute atomic E-state index is 0.000477. The Morgan fingerprint density at radius 1 is 1.21 bits per heavy atom. The molecule has 4 rings (SSSR count). The number of aldehydes is 1. The van der Waals surface area contributed by atoms with Gasteiger partial charge in [0.1, 0.15) is 12.0 Å². The topological polar surface area (TPSA) is 95.5 Å². The zero-order chi connectivity index (χ0) is 23.5. The molecule has 172 valence electrons. The van der Waals surface area contributed by atoms with Gasteiger partial charge in [0.15, 0.2) is 0 Å². The number of aromatic nitrogens is 2. The summed E-state index contributed by atoms with van der Waals surface area (Å²) in [5.74, 6) is -0.437. The van der Waals surface area contributed by atoms with Gasteiger partial charge in [-0.1, -0.05) is 0 Å². The van der Waals surface area contributed by atoms with Gasteiger partial charge in [0.2, 0.25) is 5.91 Å². The molecule has 0 aromatic carbocycles. The third kappa shape index (κ3) is 5.10. The maximum Gasteiger partial charge on any atom is 0.270 e. The molecule has 0 atom stereocenters. The van der Waals surface area contributed by atoms with Crippen molar-refractivity contribution in [1.82, 2.24) is 19.8 Å². The molecular weight excluding hydrogens is 418 g/mol. The summed E-state index contributed by atoms with van der Waals surface area (Å²) < 4.78 is 0. The first-order chi connectivity index (χ1) is 15.9. The number of allylic oxidation sites excluding steroid dienone is 1. The molecule has 2 amide bonds. The van der Waals surface area contributed by atoms with E-state index in [1.54, 1.807) is 35.4 Å². The number of pyridine rings is 2. The Labute approximate surface area is 193 Å². The molecule has 8 nitrogen and oxygen atoms in total. The van der Waals surface area contributed by atoms with Crippen LogP contribution >= 0.6 is 0 Å². The van der Waals surface area contributed by atoms with Gasteiger partial charge < -0.3 is 15.1 Å². The second-order valence-corrected chi connectivity index (χ2v) is 8.85. The van der Waals surface area contributed by atoms with E-state index in [4.69, 9.17) is 0 Å². The van der Waals surface area contributed by atoms with E-state index >= 15 is 0 Å². The van der Waals surface area contributed by atoms with Crippen LogP contribution in [0.15, 0.2) is 42.0 Å². The molecule has 0 radical (unpaired) electrons. The number of anilines is 1. The summed E-state index contributed by atoms with van der Waals surface area (Å²) in [5, 5.41) is 2.88. The molecule has 1 aliphatic heterocycles. The van der Waals surface area contributed by atoms with Crippen LogP contribution in [0.1, 0.15) is 36.8 Å². The molecule has 0 bridgehead atoms. The zero-order valence-corrected chi connectivity index (χ0v) is 19.3. The van der Waals surface area contributed by atoms with Crippen molar-refractivity contribution >= 4 is 23.8 Å². The highest BCUT2D eigenvalue weighted by atomic mass is 16.2. The van der Waals surface area contributed by atoms with Crippen LogP contribution in [0.5, 0.6) is 0 Å². The predicted molar refractivity (Wildman–Crippen MR) is 125 cm³/mol. The van der Waals surface area contributed by atoms with E-state index in [0.29, 0.717) is 29.9 Å². The first-order valence-electron chi connectivity index (χ1n) is 11.3. The molecule has 2 aromatic rings. The summed E-state index contributed by atoms with van der Waals surface area (Å²) in [6.07, 6.45) is 9.18.